The second-order valence-electron chi connectivity index (χ2n) is 3.84. The summed E-state index contributed by atoms with van der Waals surface area (Å²) in [6, 6.07) is 3.04. The van der Waals surface area contributed by atoms with E-state index in [1.165, 1.54) is 6.07 Å². The lowest BCUT2D eigenvalue weighted by atomic mass is 10.1. The fraction of sp³-hybridized carbons (Fsp3) is 0.417. The molecule has 106 valence electrons. The normalized spacial score (nSPS) is 11.4. The topological polar surface area (TPSA) is 29.1 Å². The van der Waals surface area contributed by atoms with Crippen molar-refractivity contribution in [2.24, 2.45) is 0 Å². The monoisotopic (exact) mass is 449 g/mol. The highest BCUT2D eigenvalue weighted by Gasteiger charge is 2.31. The van der Waals surface area contributed by atoms with Gasteiger partial charge in [-0.1, -0.05) is 22.6 Å². The van der Waals surface area contributed by atoms with Crippen LogP contribution in [0.4, 0.5) is 13.2 Å². The van der Waals surface area contributed by atoms with Gasteiger partial charge in [-0.05, 0) is 51.4 Å². The van der Waals surface area contributed by atoms with Gasteiger partial charge in [-0.25, -0.2) is 0 Å². The minimum atomic E-state index is -4.45. The van der Waals surface area contributed by atoms with Crippen molar-refractivity contribution in [3.8, 4) is 0 Å². The smallest absolute Gasteiger partial charge is 0.352 e. The van der Waals surface area contributed by atoms with Crippen LogP contribution in [0.15, 0.2) is 22.7 Å². The summed E-state index contributed by atoms with van der Waals surface area (Å²) in [6.45, 7) is 0.463. The van der Waals surface area contributed by atoms with Gasteiger partial charge in [0.1, 0.15) is 0 Å². The van der Waals surface area contributed by atoms with Gasteiger partial charge in [0, 0.05) is 11.0 Å². The maximum absolute atomic E-state index is 12.6. The first-order valence-corrected chi connectivity index (χ1v) is 7.89. The Labute approximate surface area is 131 Å². The van der Waals surface area contributed by atoms with Crippen LogP contribution < -0.4 is 5.32 Å². The number of hydrogen-bond acceptors (Lipinski definition) is 1. The van der Waals surface area contributed by atoms with Gasteiger partial charge in [-0.2, -0.15) is 13.2 Å². The Kier molecular flexibility index (Phi) is 6.58. The predicted molar refractivity (Wildman–Crippen MR) is 79.6 cm³/mol. The Bertz CT molecular complexity index is 451. The summed E-state index contributed by atoms with van der Waals surface area (Å²) in [5.41, 5.74) is -0.822. The van der Waals surface area contributed by atoms with Gasteiger partial charge in [0.2, 0.25) is 0 Å². The van der Waals surface area contributed by atoms with Crippen LogP contribution in [-0.4, -0.2) is 16.9 Å². The third kappa shape index (κ3) is 5.29. The molecule has 0 aliphatic rings. The van der Waals surface area contributed by atoms with Gasteiger partial charge in [0.05, 0.1) is 11.1 Å². The second kappa shape index (κ2) is 7.47. The van der Waals surface area contributed by atoms with Gasteiger partial charge in [0.25, 0.3) is 5.91 Å². The standard InChI is InChI=1S/C12H12BrF3INO/c13-10-4-3-8(12(14,15)16)7-9(10)11(19)18-6-2-1-5-17/h3-4,7H,1-2,5-6H2,(H,18,19). The number of nitrogens with one attached hydrogen (secondary N) is 1. The molecule has 0 aliphatic heterocycles. The molecule has 0 unspecified atom stereocenters. The Morgan fingerprint density at radius 1 is 1.32 bits per heavy atom. The van der Waals surface area contributed by atoms with E-state index in [4.69, 9.17) is 0 Å². The summed E-state index contributed by atoms with van der Waals surface area (Å²) in [5.74, 6) is -0.494. The lowest BCUT2D eigenvalue weighted by molar-refractivity contribution is -0.137. The van der Waals surface area contributed by atoms with E-state index in [0.717, 1.165) is 29.4 Å². The summed E-state index contributed by atoms with van der Waals surface area (Å²) in [4.78, 5) is 11.8. The van der Waals surface area contributed by atoms with Crippen LogP contribution in [0.2, 0.25) is 0 Å². The fourth-order valence-corrected chi connectivity index (χ4v) is 2.36. The highest BCUT2D eigenvalue weighted by molar-refractivity contribution is 14.1. The van der Waals surface area contributed by atoms with Crippen molar-refractivity contribution in [3.63, 3.8) is 0 Å². The quantitative estimate of drug-likeness (QED) is 0.402. The van der Waals surface area contributed by atoms with E-state index >= 15 is 0 Å². The molecule has 0 aromatic heterocycles. The first-order valence-electron chi connectivity index (χ1n) is 5.57. The van der Waals surface area contributed by atoms with Crippen LogP contribution in [0.25, 0.3) is 0 Å². The van der Waals surface area contributed by atoms with E-state index in [2.05, 4.69) is 43.8 Å². The molecule has 0 aliphatic carbocycles. The van der Waals surface area contributed by atoms with Gasteiger partial charge >= 0.3 is 6.18 Å². The number of carbonyl (C=O) groups excluding carboxylic acids is 1. The van der Waals surface area contributed by atoms with Gasteiger partial charge in [-0.3, -0.25) is 4.79 Å². The molecule has 1 aromatic rings. The van der Waals surface area contributed by atoms with Crippen LogP contribution in [-0.2, 0) is 6.18 Å². The van der Waals surface area contributed by atoms with Gasteiger partial charge in [0.15, 0.2) is 0 Å². The van der Waals surface area contributed by atoms with E-state index in [1.54, 1.807) is 0 Å². The first-order chi connectivity index (χ1) is 8.86. The van der Waals surface area contributed by atoms with Crippen molar-refractivity contribution in [1.29, 1.82) is 0 Å². The van der Waals surface area contributed by atoms with E-state index in [9.17, 15) is 18.0 Å². The van der Waals surface area contributed by atoms with Crippen molar-refractivity contribution in [1.82, 2.24) is 5.32 Å². The summed E-state index contributed by atoms with van der Waals surface area (Å²) >= 11 is 5.32. The summed E-state index contributed by atoms with van der Waals surface area (Å²) in [5, 5.41) is 2.61. The molecular formula is C12H12BrF3INO. The number of alkyl halides is 4. The van der Waals surface area contributed by atoms with Gasteiger partial charge < -0.3 is 5.32 Å². The number of hydrogen-bond donors (Lipinski definition) is 1. The number of benzene rings is 1. The van der Waals surface area contributed by atoms with Crippen LogP contribution in [0.1, 0.15) is 28.8 Å². The van der Waals surface area contributed by atoms with Gasteiger partial charge in [-0.15, -0.1) is 0 Å². The average molecular weight is 450 g/mol. The van der Waals surface area contributed by atoms with Crippen LogP contribution in [0.3, 0.4) is 0 Å². The first kappa shape index (κ1) is 16.7. The summed E-state index contributed by atoms with van der Waals surface area (Å²) in [6.07, 6.45) is -2.67. The third-order valence-electron chi connectivity index (χ3n) is 2.38. The molecular weight excluding hydrogens is 438 g/mol. The molecule has 1 aromatic carbocycles. The highest BCUT2D eigenvalue weighted by Crippen LogP contribution is 2.31. The Morgan fingerprint density at radius 3 is 2.58 bits per heavy atom. The van der Waals surface area contributed by atoms with Crippen molar-refractivity contribution < 1.29 is 18.0 Å². The SMILES string of the molecule is O=C(NCCCCI)c1cc(C(F)(F)F)ccc1Br. The summed E-state index contributed by atoms with van der Waals surface area (Å²) < 4.78 is 39.0. The molecule has 0 heterocycles. The lowest BCUT2D eigenvalue weighted by Gasteiger charge is -2.11. The zero-order valence-corrected chi connectivity index (χ0v) is 13.6. The number of amides is 1. The number of unbranched alkanes of at least 4 members (excludes halogenated alkanes) is 1. The molecule has 19 heavy (non-hydrogen) atoms. The average Bonchev–Trinajstić information content (AvgIpc) is 2.33. The molecule has 0 saturated carbocycles. The molecule has 1 N–H and O–H groups in total. The fourth-order valence-electron chi connectivity index (χ4n) is 1.39. The molecule has 7 heteroatoms. The molecule has 0 radical (unpaired) electrons. The number of rotatable bonds is 5. The Morgan fingerprint density at radius 2 is 2.00 bits per heavy atom. The highest BCUT2D eigenvalue weighted by atomic mass is 127. The second-order valence-corrected chi connectivity index (χ2v) is 5.78. The van der Waals surface area contributed by atoms with Crippen molar-refractivity contribution in [2.75, 3.05) is 11.0 Å². The van der Waals surface area contributed by atoms with Crippen LogP contribution in [0.5, 0.6) is 0 Å². The maximum Gasteiger partial charge on any atom is 0.416 e. The number of halogens is 5. The minimum Gasteiger partial charge on any atom is -0.352 e. The maximum atomic E-state index is 12.6. The zero-order valence-electron chi connectivity index (χ0n) is 9.86. The molecule has 1 amide bonds. The third-order valence-corrected chi connectivity index (χ3v) is 3.84. The molecule has 0 atom stereocenters. The largest absolute Gasteiger partial charge is 0.416 e. The van der Waals surface area contributed by atoms with Crippen molar-refractivity contribution >= 4 is 44.4 Å². The molecule has 0 bridgehead atoms. The van der Waals surface area contributed by atoms with Crippen molar-refractivity contribution in [3.05, 3.63) is 33.8 Å². The lowest BCUT2D eigenvalue weighted by Crippen LogP contribution is -2.25. The van der Waals surface area contributed by atoms with E-state index < -0.39 is 17.6 Å². The molecule has 0 fully saturated rings. The minimum absolute atomic E-state index is 0.00398. The molecule has 0 saturated heterocycles. The molecule has 0 spiro atoms. The van der Waals surface area contributed by atoms with Crippen LogP contribution in [0, 0.1) is 0 Å². The Balaban J connectivity index is 2.78. The Hall–Kier alpha value is -0.310. The van der Waals surface area contributed by atoms with Crippen LogP contribution >= 0.6 is 38.5 Å². The zero-order chi connectivity index (χ0) is 14.5. The molecule has 1 rings (SSSR count). The molecule has 2 nitrogen and oxygen atoms in total. The van der Waals surface area contributed by atoms with E-state index in [1.807, 2.05) is 0 Å². The van der Waals surface area contributed by atoms with E-state index in [-0.39, 0.29) is 5.56 Å². The predicted octanol–water partition coefficient (Wildman–Crippen LogP) is 4.41. The summed E-state index contributed by atoms with van der Waals surface area (Å²) in [7, 11) is 0. The van der Waals surface area contributed by atoms with Crippen molar-refractivity contribution in [2.45, 2.75) is 19.0 Å². The van der Waals surface area contributed by atoms with E-state index in [0.29, 0.717) is 11.0 Å². The number of carbonyl (C=O) groups is 1.